The lowest BCUT2D eigenvalue weighted by Crippen LogP contribution is -2.09. The van der Waals surface area contributed by atoms with Crippen molar-refractivity contribution in [2.75, 3.05) is 16.3 Å². The zero-order chi connectivity index (χ0) is 14.6. The zero-order valence-corrected chi connectivity index (χ0v) is 11.8. The van der Waals surface area contributed by atoms with Crippen molar-refractivity contribution in [3.63, 3.8) is 0 Å². The Balaban J connectivity index is 2.01. The summed E-state index contributed by atoms with van der Waals surface area (Å²) in [5.74, 6) is 1.20. The van der Waals surface area contributed by atoms with Gasteiger partial charge in [0, 0.05) is 5.69 Å². The van der Waals surface area contributed by atoms with E-state index < -0.39 is 10.0 Å². The molecule has 3 N–H and O–H groups in total. The van der Waals surface area contributed by atoms with E-state index in [9.17, 15) is 8.42 Å². The molecule has 2 rings (SSSR count). The Morgan fingerprint density at radius 3 is 2.50 bits per heavy atom. The van der Waals surface area contributed by atoms with Gasteiger partial charge in [-0.1, -0.05) is 6.07 Å². The van der Waals surface area contributed by atoms with Crippen molar-refractivity contribution in [3.05, 3.63) is 47.9 Å². The first-order valence-electron chi connectivity index (χ1n) is 5.96. The fraction of sp³-hybridized carbons (Fsp3) is 0.231. The van der Waals surface area contributed by atoms with Crippen molar-refractivity contribution in [2.45, 2.75) is 13.2 Å². The molecular weight excluding hydrogens is 280 g/mol. The molecule has 0 fully saturated rings. The van der Waals surface area contributed by atoms with Crippen LogP contribution in [0.2, 0.25) is 0 Å². The monoisotopic (exact) mass is 296 g/mol. The molecule has 1 heterocycles. The molecule has 0 saturated carbocycles. The number of furan rings is 1. The van der Waals surface area contributed by atoms with Crippen LogP contribution in [0.5, 0.6) is 0 Å². The Hall–Kier alpha value is -1.99. The number of aliphatic hydroxyl groups is 1. The largest absolute Gasteiger partial charge is 0.462 e. The first-order valence-corrected chi connectivity index (χ1v) is 7.85. The van der Waals surface area contributed by atoms with Gasteiger partial charge in [-0.15, -0.1) is 0 Å². The minimum absolute atomic E-state index is 0.131. The van der Waals surface area contributed by atoms with Gasteiger partial charge in [0.05, 0.1) is 18.5 Å². The van der Waals surface area contributed by atoms with E-state index in [1.165, 1.54) is 0 Å². The molecule has 0 saturated heterocycles. The zero-order valence-electron chi connectivity index (χ0n) is 11.0. The highest BCUT2D eigenvalue weighted by atomic mass is 32.2. The summed E-state index contributed by atoms with van der Waals surface area (Å²) in [6, 6.07) is 10.4. The van der Waals surface area contributed by atoms with Crippen LogP contribution >= 0.6 is 0 Å². The molecule has 2 aromatic rings. The van der Waals surface area contributed by atoms with Crippen molar-refractivity contribution in [1.82, 2.24) is 0 Å². The molecule has 6 nitrogen and oxygen atoms in total. The van der Waals surface area contributed by atoms with E-state index in [1.54, 1.807) is 30.3 Å². The van der Waals surface area contributed by atoms with E-state index in [0.29, 0.717) is 23.8 Å². The van der Waals surface area contributed by atoms with Gasteiger partial charge in [-0.3, -0.25) is 4.72 Å². The van der Waals surface area contributed by atoms with Gasteiger partial charge in [0.2, 0.25) is 10.0 Å². The van der Waals surface area contributed by atoms with Gasteiger partial charge in [-0.25, -0.2) is 8.42 Å². The Labute approximate surface area is 117 Å². The maximum Gasteiger partial charge on any atom is 0.229 e. The lowest BCUT2D eigenvalue weighted by molar-refractivity contribution is 0.244. The molecule has 0 amide bonds. The third-order valence-corrected chi connectivity index (χ3v) is 3.11. The number of benzene rings is 1. The van der Waals surface area contributed by atoms with Crippen molar-refractivity contribution in [2.24, 2.45) is 0 Å². The average molecular weight is 296 g/mol. The maximum atomic E-state index is 11.2. The van der Waals surface area contributed by atoms with Gasteiger partial charge in [-0.2, -0.15) is 0 Å². The summed E-state index contributed by atoms with van der Waals surface area (Å²) >= 11 is 0. The summed E-state index contributed by atoms with van der Waals surface area (Å²) in [4.78, 5) is 0. The number of rotatable bonds is 6. The molecule has 0 radical (unpaired) electrons. The number of hydrogen-bond donors (Lipinski definition) is 3. The molecule has 7 heteroatoms. The molecule has 1 aromatic heterocycles. The molecule has 0 spiro atoms. The van der Waals surface area contributed by atoms with Gasteiger partial charge in [0.25, 0.3) is 0 Å². The normalized spacial score (nSPS) is 11.3. The third-order valence-electron chi connectivity index (χ3n) is 2.51. The van der Waals surface area contributed by atoms with Crippen LogP contribution in [0, 0.1) is 0 Å². The van der Waals surface area contributed by atoms with E-state index in [0.717, 1.165) is 11.9 Å². The molecule has 108 valence electrons. The van der Waals surface area contributed by atoms with Crippen molar-refractivity contribution in [3.8, 4) is 0 Å². The predicted octanol–water partition coefficient (Wildman–Crippen LogP) is 1.76. The van der Waals surface area contributed by atoms with E-state index in [4.69, 9.17) is 9.52 Å². The van der Waals surface area contributed by atoms with Gasteiger partial charge in [0.15, 0.2) is 0 Å². The van der Waals surface area contributed by atoms with Gasteiger partial charge < -0.3 is 14.8 Å². The Morgan fingerprint density at radius 2 is 1.85 bits per heavy atom. The molecule has 1 aromatic carbocycles. The lowest BCUT2D eigenvalue weighted by atomic mass is 10.3. The number of anilines is 2. The highest BCUT2D eigenvalue weighted by molar-refractivity contribution is 7.92. The fourth-order valence-corrected chi connectivity index (χ4v) is 2.25. The minimum atomic E-state index is -3.29. The van der Waals surface area contributed by atoms with Gasteiger partial charge in [-0.05, 0) is 30.3 Å². The molecule has 0 aliphatic rings. The lowest BCUT2D eigenvalue weighted by Gasteiger charge is -2.08. The van der Waals surface area contributed by atoms with Crippen LogP contribution in [0.4, 0.5) is 11.4 Å². The smallest absolute Gasteiger partial charge is 0.229 e. The summed E-state index contributed by atoms with van der Waals surface area (Å²) in [6.07, 6.45) is 1.10. The second kappa shape index (κ2) is 5.98. The second-order valence-corrected chi connectivity index (χ2v) is 6.08. The Bertz CT molecular complexity index is 679. The van der Waals surface area contributed by atoms with Crippen molar-refractivity contribution >= 4 is 21.4 Å². The summed E-state index contributed by atoms with van der Waals surface area (Å²) in [5, 5.41) is 12.0. The standard InChI is InChI=1S/C13H16N2O4S/c1-20(17,18)15-11-4-2-3-10(7-11)14-8-12-5-6-13(9-16)19-12/h2-7,14-16H,8-9H2,1H3. The summed E-state index contributed by atoms with van der Waals surface area (Å²) < 4.78 is 30.1. The molecule has 0 aliphatic carbocycles. The van der Waals surface area contributed by atoms with Crippen LogP contribution in [0.25, 0.3) is 0 Å². The molecule has 0 bridgehead atoms. The van der Waals surface area contributed by atoms with Crippen LogP contribution in [0.1, 0.15) is 11.5 Å². The van der Waals surface area contributed by atoms with Crippen LogP contribution in [0.3, 0.4) is 0 Å². The Kier molecular flexibility index (Phi) is 4.31. The van der Waals surface area contributed by atoms with Crippen LogP contribution in [-0.4, -0.2) is 19.8 Å². The topological polar surface area (TPSA) is 91.6 Å². The van der Waals surface area contributed by atoms with Crippen molar-refractivity contribution < 1.29 is 17.9 Å². The number of aliphatic hydroxyl groups excluding tert-OH is 1. The summed E-state index contributed by atoms with van der Waals surface area (Å²) in [7, 11) is -3.29. The SMILES string of the molecule is CS(=O)(=O)Nc1cccc(NCc2ccc(CO)o2)c1. The first-order chi connectivity index (χ1) is 9.46. The second-order valence-electron chi connectivity index (χ2n) is 4.33. The number of sulfonamides is 1. The van der Waals surface area contributed by atoms with Gasteiger partial charge >= 0.3 is 0 Å². The van der Waals surface area contributed by atoms with E-state index in [1.807, 2.05) is 6.07 Å². The molecule has 0 atom stereocenters. The molecule has 0 unspecified atom stereocenters. The Morgan fingerprint density at radius 1 is 1.15 bits per heavy atom. The highest BCUT2D eigenvalue weighted by Crippen LogP contribution is 2.17. The van der Waals surface area contributed by atoms with Crippen LogP contribution < -0.4 is 10.0 Å². The van der Waals surface area contributed by atoms with E-state index in [2.05, 4.69) is 10.0 Å². The quantitative estimate of drug-likeness (QED) is 0.755. The molecule has 0 aliphatic heterocycles. The average Bonchev–Trinajstić information content (AvgIpc) is 2.83. The van der Waals surface area contributed by atoms with Crippen LogP contribution in [0.15, 0.2) is 40.8 Å². The van der Waals surface area contributed by atoms with Crippen LogP contribution in [-0.2, 0) is 23.2 Å². The highest BCUT2D eigenvalue weighted by Gasteiger charge is 2.04. The van der Waals surface area contributed by atoms with Crippen molar-refractivity contribution in [1.29, 1.82) is 0 Å². The maximum absolute atomic E-state index is 11.2. The third kappa shape index (κ3) is 4.29. The fourth-order valence-electron chi connectivity index (χ4n) is 1.70. The summed E-state index contributed by atoms with van der Waals surface area (Å²) in [6.45, 7) is 0.316. The van der Waals surface area contributed by atoms with E-state index in [-0.39, 0.29) is 6.61 Å². The molecular formula is C13H16N2O4S. The summed E-state index contributed by atoms with van der Waals surface area (Å²) in [5.41, 5.74) is 1.26. The number of nitrogens with one attached hydrogen (secondary N) is 2. The predicted molar refractivity (Wildman–Crippen MR) is 76.9 cm³/mol. The van der Waals surface area contributed by atoms with Gasteiger partial charge in [0.1, 0.15) is 18.1 Å². The number of hydrogen-bond acceptors (Lipinski definition) is 5. The first kappa shape index (κ1) is 14.4. The van der Waals surface area contributed by atoms with E-state index >= 15 is 0 Å². The molecule has 20 heavy (non-hydrogen) atoms. The minimum Gasteiger partial charge on any atom is -0.462 e.